The van der Waals surface area contributed by atoms with Gasteiger partial charge in [0.15, 0.2) is 18.1 Å². The minimum absolute atomic E-state index is 0.123. The van der Waals surface area contributed by atoms with Crippen molar-refractivity contribution < 1.29 is 23.7 Å². The molecule has 9 heteroatoms. The van der Waals surface area contributed by atoms with Gasteiger partial charge in [-0.3, -0.25) is 4.79 Å². The van der Waals surface area contributed by atoms with Gasteiger partial charge in [-0.15, -0.1) is 0 Å². The number of carbonyl (C=O) groups excluding carboxylic acids is 1. The molecule has 2 aromatic rings. The number of hydrogen-bond acceptors (Lipinski definition) is 5. The average molecular weight is 475 g/mol. The van der Waals surface area contributed by atoms with E-state index in [-0.39, 0.29) is 29.4 Å². The second-order valence-electron chi connectivity index (χ2n) is 6.69. The minimum Gasteiger partial charge on any atom is -0.493 e. The molecule has 0 bridgehead atoms. The van der Waals surface area contributed by atoms with Crippen molar-refractivity contribution in [3.8, 4) is 17.2 Å². The summed E-state index contributed by atoms with van der Waals surface area (Å²) in [4.78, 5) is 12.1. The van der Waals surface area contributed by atoms with Gasteiger partial charge in [0.05, 0.1) is 28.3 Å². The molecule has 0 radical (unpaired) electrons. The molecule has 162 valence electrons. The quantitative estimate of drug-likeness (QED) is 0.523. The predicted molar refractivity (Wildman–Crippen MR) is 116 cm³/mol. The Labute approximate surface area is 190 Å². The van der Waals surface area contributed by atoms with Crippen molar-refractivity contribution in [2.45, 2.75) is 25.5 Å². The van der Waals surface area contributed by atoms with Crippen LogP contribution >= 0.6 is 34.8 Å². The molecule has 0 aromatic heterocycles. The van der Waals surface area contributed by atoms with Crippen LogP contribution in [0.25, 0.3) is 0 Å². The Morgan fingerprint density at radius 1 is 1.07 bits per heavy atom. The second kappa shape index (κ2) is 11.0. The van der Waals surface area contributed by atoms with Crippen LogP contribution in [0.2, 0.25) is 15.1 Å². The highest BCUT2D eigenvalue weighted by Gasteiger charge is 2.17. The Kier molecular flexibility index (Phi) is 8.33. The molecule has 3 rings (SSSR count). The molecule has 1 aliphatic rings. The number of hydrogen-bond donors (Lipinski definition) is 1. The molecule has 30 heavy (non-hydrogen) atoms. The maximum absolute atomic E-state index is 12.1. The zero-order chi connectivity index (χ0) is 21.5. The molecule has 1 atom stereocenters. The number of halogens is 3. The van der Waals surface area contributed by atoms with Gasteiger partial charge in [-0.2, -0.15) is 0 Å². The van der Waals surface area contributed by atoms with Crippen molar-refractivity contribution in [3.05, 3.63) is 51.0 Å². The highest BCUT2D eigenvalue weighted by Crippen LogP contribution is 2.34. The highest BCUT2D eigenvalue weighted by atomic mass is 35.5. The van der Waals surface area contributed by atoms with Gasteiger partial charge in [-0.25, -0.2) is 0 Å². The Morgan fingerprint density at radius 2 is 1.87 bits per heavy atom. The standard InChI is InChI=1S/C21H22Cl3NO5/c1-27-20-7-13(4-5-18(20)29-11-14-3-2-6-28-14)10-25-21(26)12-30-19-9-16(23)15(22)8-17(19)24/h4-5,7-9,14H,2-3,6,10-12H2,1H3,(H,25,26). The number of benzene rings is 2. The van der Waals surface area contributed by atoms with Crippen LogP contribution in [0.1, 0.15) is 18.4 Å². The van der Waals surface area contributed by atoms with Crippen LogP contribution in [0.15, 0.2) is 30.3 Å². The van der Waals surface area contributed by atoms with Crippen LogP contribution in [0.5, 0.6) is 17.2 Å². The maximum Gasteiger partial charge on any atom is 0.258 e. The van der Waals surface area contributed by atoms with Gasteiger partial charge in [-0.1, -0.05) is 40.9 Å². The van der Waals surface area contributed by atoms with Crippen LogP contribution in [0.3, 0.4) is 0 Å². The molecule has 1 aliphatic heterocycles. The van der Waals surface area contributed by atoms with Crippen LogP contribution in [0, 0.1) is 0 Å². The number of methoxy groups -OCH3 is 1. The molecule has 2 aromatic carbocycles. The van der Waals surface area contributed by atoms with Gasteiger partial charge in [0, 0.05) is 19.2 Å². The summed E-state index contributed by atoms with van der Waals surface area (Å²) < 4.78 is 22.2. The van der Waals surface area contributed by atoms with Gasteiger partial charge < -0.3 is 24.3 Å². The largest absolute Gasteiger partial charge is 0.493 e. The van der Waals surface area contributed by atoms with E-state index in [2.05, 4.69) is 5.32 Å². The molecule has 1 heterocycles. The molecule has 1 saturated heterocycles. The minimum atomic E-state index is -0.310. The van der Waals surface area contributed by atoms with Crippen molar-refractivity contribution in [1.29, 1.82) is 0 Å². The first-order chi connectivity index (χ1) is 14.5. The van der Waals surface area contributed by atoms with Crippen LogP contribution < -0.4 is 19.5 Å². The topological polar surface area (TPSA) is 66.0 Å². The third kappa shape index (κ3) is 6.32. The fraction of sp³-hybridized carbons (Fsp3) is 0.381. The maximum atomic E-state index is 12.1. The first kappa shape index (κ1) is 22.8. The van der Waals surface area contributed by atoms with Crippen LogP contribution in [-0.2, 0) is 16.1 Å². The average Bonchev–Trinajstić information content (AvgIpc) is 3.26. The van der Waals surface area contributed by atoms with E-state index in [9.17, 15) is 4.79 Å². The lowest BCUT2D eigenvalue weighted by molar-refractivity contribution is -0.123. The van der Waals surface area contributed by atoms with Crippen molar-refractivity contribution in [2.24, 2.45) is 0 Å². The number of rotatable bonds is 9. The Morgan fingerprint density at radius 3 is 2.60 bits per heavy atom. The van der Waals surface area contributed by atoms with Gasteiger partial charge >= 0.3 is 0 Å². The lowest BCUT2D eigenvalue weighted by atomic mass is 10.2. The van der Waals surface area contributed by atoms with E-state index in [1.165, 1.54) is 12.1 Å². The zero-order valence-electron chi connectivity index (χ0n) is 16.4. The Balaban J connectivity index is 1.49. The van der Waals surface area contributed by atoms with E-state index in [0.29, 0.717) is 34.7 Å². The van der Waals surface area contributed by atoms with Crippen molar-refractivity contribution >= 4 is 40.7 Å². The Hall–Kier alpha value is -1.86. The summed E-state index contributed by atoms with van der Waals surface area (Å²) in [5.74, 6) is 1.21. The van der Waals surface area contributed by atoms with Gasteiger partial charge in [-0.05, 0) is 36.6 Å². The fourth-order valence-electron chi connectivity index (χ4n) is 2.91. The summed E-state index contributed by atoms with van der Waals surface area (Å²) in [6.07, 6.45) is 2.19. The molecular weight excluding hydrogens is 453 g/mol. The van der Waals surface area contributed by atoms with E-state index in [1.54, 1.807) is 7.11 Å². The molecule has 0 spiro atoms. The van der Waals surface area contributed by atoms with Crippen molar-refractivity contribution in [1.82, 2.24) is 5.32 Å². The summed E-state index contributed by atoms with van der Waals surface area (Å²) in [5.41, 5.74) is 0.859. The monoisotopic (exact) mass is 473 g/mol. The fourth-order valence-corrected chi connectivity index (χ4v) is 3.50. The second-order valence-corrected chi connectivity index (χ2v) is 7.91. The number of carbonyl (C=O) groups is 1. The summed E-state index contributed by atoms with van der Waals surface area (Å²) in [6, 6.07) is 8.44. The lowest BCUT2D eigenvalue weighted by Gasteiger charge is -2.15. The molecule has 1 N–H and O–H groups in total. The first-order valence-corrected chi connectivity index (χ1v) is 10.5. The third-order valence-corrected chi connectivity index (χ3v) is 5.52. The summed E-state index contributed by atoms with van der Waals surface area (Å²) >= 11 is 17.9. The van der Waals surface area contributed by atoms with E-state index in [4.69, 9.17) is 53.8 Å². The summed E-state index contributed by atoms with van der Waals surface area (Å²) in [5, 5.41) is 3.67. The first-order valence-electron chi connectivity index (χ1n) is 9.41. The number of amides is 1. The van der Waals surface area contributed by atoms with Gasteiger partial charge in [0.2, 0.25) is 0 Å². The Bertz CT molecular complexity index is 887. The van der Waals surface area contributed by atoms with E-state index in [0.717, 1.165) is 25.0 Å². The molecule has 1 fully saturated rings. The van der Waals surface area contributed by atoms with Crippen molar-refractivity contribution in [2.75, 3.05) is 26.9 Å². The summed E-state index contributed by atoms with van der Waals surface area (Å²) in [7, 11) is 1.57. The van der Waals surface area contributed by atoms with E-state index < -0.39 is 0 Å². The van der Waals surface area contributed by atoms with E-state index in [1.807, 2.05) is 18.2 Å². The normalized spacial score (nSPS) is 15.7. The van der Waals surface area contributed by atoms with Gasteiger partial charge in [0.25, 0.3) is 5.91 Å². The van der Waals surface area contributed by atoms with Crippen molar-refractivity contribution in [3.63, 3.8) is 0 Å². The van der Waals surface area contributed by atoms with Crippen LogP contribution in [0.4, 0.5) is 0 Å². The molecule has 1 unspecified atom stereocenters. The van der Waals surface area contributed by atoms with Gasteiger partial charge in [0.1, 0.15) is 12.4 Å². The molecule has 0 aliphatic carbocycles. The molecule has 0 saturated carbocycles. The SMILES string of the molecule is COc1cc(CNC(=O)COc2cc(Cl)c(Cl)cc2Cl)ccc1OCC1CCCO1. The smallest absolute Gasteiger partial charge is 0.258 e. The number of ether oxygens (including phenoxy) is 4. The zero-order valence-corrected chi connectivity index (χ0v) is 18.6. The predicted octanol–water partition coefficient (Wildman–Crippen LogP) is 4.91. The number of nitrogens with one attached hydrogen (secondary N) is 1. The third-order valence-electron chi connectivity index (χ3n) is 4.50. The molecule has 6 nitrogen and oxygen atoms in total. The van der Waals surface area contributed by atoms with Crippen LogP contribution in [-0.4, -0.2) is 38.9 Å². The van der Waals surface area contributed by atoms with E-state index >= 15 is 0 Å². The lowest BCUT2D eigenvalue weighted by Crippen LogP contribution is -2.28. The molecule has 1 amide bonds. The molecular formula is C21H22Cl3NO5. The summed E-state index contributed by atoms with van der Waals surface area (Å²) in [6.45, 7) is 1.36. The highest BCUT2D eigenvalue weighted by molar-refractivity contribution is 6.43.